The van der Waals surface area contributed by atoms with Crippen LogP contribution >= 0.6 is 11.6 Å². The number of aromatic nitrogens is 1. The van der Waals surface area contributed by atoms with Gasteiger partial charge < -0.3 is 14.7 Å². The van der Waals surface area contributed by atoms with Crippen molar-refractivity contribution in [2.45, 2.75) is 45.1 Å². The number of carbonyl (C=O) groups is 5. The number of pyridine rings is 1. The highest BCUT2D eigenvalue weighted by molar-refractivity contribution is 6.32. The summed E-state index contributed by atoms with van der Waals surface area (Å²) in [4.78, 5) is 76.3. The number of anilines is 4. The molecule has 3 aromatic carbocycles. The van der Waals surface area contributed by atoms with Crippen LogP contribution in [0.25, 0.3) is 11.1 Å². The van der Waals surface area contributed by atoms with Crippen LogP contribution < -0.4 is 20.0 Å². The number of benzene rings is 3. The van der Waals surface area contributed by atoms with E-state index in [1.165, 1.54) is 4.90 Å². The molecule has 59 heavy (non-hydrogen) atoms. The first-order chi connectivity index (χ1) is 28.3. The van der Waals surface area contributed by atoms with Gasteiger partial charge in [0, 0.05) is 94.3 Å². The zero-order valence-electron chi connectivity index (χ0n) is 33.7. The fourth-order valence-electron chi connectivity index (χ4n) is 8.18. The molecule has 0 bridgehead atoms. The molecular weight excluding hydrogens is 768 g/mol. The topological polar surface area (TPSA) is 150 Å². The molecule has 0 radical (unpaired) electrons. The molecule has 4 heterocycles. The standard InChI is InChI=1S/C45H47ClN8O5/c1-29(5-14-42(57)49-28-56)50(4)43(58)37-11-10-35(19-34(37)27-55)52-17-15-51(16-18-52)24-30-25-53(26-30)41-13-8-33(23-48-41)31-7-12-40-38(20-31)45(2,3)44(59)54(40)36-9-6-32(22-47)39(46)21-36/h6-13,19-21,23,27-30H,5,14-18,24-26H2,1-4H3,(H,49,56,57). The quantitative estimate of drug-likeness (QED) is 0.164. The van der Waals surface area contributed by atoms with Crippen LogP contribution in [-0.4, -0.2) is 104 Å². The molecule has 7 rings (SSSR count). The van der Waals surface area contributed by atoms with Crippen LogP contribution in [0, 0.1) is 17.2 Å². The van der Waals surface area contributed by atoms with E-state index in [2.05, 4.69) is 44.3 Å². The molecular formula is C45H47ClN8O5. The van der Waals surface area contributed by atoms with E-state index in [0.717, 1.165) is 86.0 Å². The van der Waals surface area contributed by atoms with E-state index in [4.69, 9.17) is 16.6 Å². The van der Waals surface area contributed by atoms with Crippen LogP contribution in [0.3, 0.4) is 0 Å². The minimum Gasteiger partial charge on any atom is -0.369 e. The van der Waals surface area contributed by atoms with Gasteiger partial charge in [0.2, 0.25) is 18.2 Å². The summed E-state index contributed by atoms with van der Waals surface area (Å²) in [5, 5.41) is 11.7. The van der Waals surface area contributed by atoms with Crippen molar-refractivity contribution in [3.8, 4) is 17.2 Å². The summed E-state index contributed by atoms with van der Waals surface area (Å²) in [5.74, 6) is 0.707. The summed E-state index contributed by atoms with van der Waals surface area (Å²) >= 11 is 6.33. The van der Waals surface area contributed by atoms with Crippen LogP contribution in [-0.2, 0) is 19.8 Å². The first kappa shape index (κ1) is 41.1. The number of nitrogens with one attached hydrogen (secondary N) is 1. The minimum absolute atomic E-state index is 0.0589. The molecule has 0 saturated carbocycles. The molecule has 3 aliphatic rings. The van der Waals surface area contributed by atoms with E-state index in [9.17, 15) is 29.2 Å². The van der Waals surface area contributed by atoms with Crippen molar-refractivity contribution >= 4 is 64.9 Å². The van der Waals surface area contributed by atoms with Crippen molar-refractivity contribution in [1.82, 2.24) is 20.1 Å². The molecule has 1 aromatic heterocycles. The smallest absolute Gasteiger partial charge is 0.254 e. The normalized spacial score (nSPS) is 16.8. The number of imide groups is 1. The highest BCUT2D eigenvalue weighted by atomic mass is 35.5. The van der Waals surface area contributed by atoms with E-state index in [1.807, 2.05) is 45.2 Å². The Kier molecular flexibility index (Phi) is 11.8. The largest absolute Gasteiger partial charge is 0.369 e. The van der Waals surface area contributed by atoms with Gasteiger partial charge in [0.15, 0.2) is 6.29 Å². The lowest BCUT2D eigenvalue weighted by Gasteiger charge is -2.44. The predicted octanol–water partition coefficient (Wildman–Crippen LogP) is 5.81. The number of hydrogen-bond acceptors (Lipinski definition) is 10. The summed E-state index contributed by atoms with van der Waals surface area (Å²) in [6.07, 6.45) is 3.44. The zero-order valence-corrected chi connectivity index (χ0v) is 34.4. The molecule has 2 fully saturated rings. The maximum absolute atomic E-state index is 13.7. The molecule has 0 aliphatic carbocycles. The second kappa shape index (κ2) is 17.0. The van der Waals surface area contributed by atoms with Gasteiger partial charge in [-0.05, 0) is 99.0 Å². The number of hydrogen-bond donors (Lipinski definition) is 1. The van der Waals surface area contributed by atoms with Gasteiger partial charge >= 0.3 is 0 Å². The molecule has 0 spiro atoms. The third kappa shape index (κ3) is 8.28. The SMILES string of the molecule is CC(CCC(=O)NC=O)N(C)C(=O)c1ccc(N2CCN(CC3CN(c4ccc(-c5ccc6c(c5)C(C)(C)C(=O)N6c5ccc(C#N)c(Cl)c5)cn4)C3)CC2)cc1C=O. The van der Waals surface area contributed by atoms with Crippen LogP contribution in [0.15, 0.2) is 72.9 Å². The molecule has 14 heteroatoms. The summed E-state index contributed by atoms with van der Waals surface area (Å²) < 4.78 is 0. The number of nitrogens with zero attached hydrogens (tertiary/aromatic N) is 7. The van der Waals surface area contributed by atoms with E-state index in [0.29, 0.717) is 46.1 Å². The van der Waals surface area contributed by atoms with E-state index < -0.39 is 11.3 Å². The maximum Gasteiger partial charge on any atom is 0.254 e. The molecule has 1 unspecified atom stereocenters. The van der Waals surface area contributed by atoms with Crippen LogP contribution in [0.5, 0.6) is 0 Å². The fourth-order valence-corrected chi connectivity index (χ4v) is 8.39. The van der Waals surface area contributed by atoms with Crippen molar-refractivity contribution in [3.05, 3.63) is 100 Å². The number of halogens is 1. The molecule has 304 valence electrons. The zero-order chi connectivity index (χ0) is 42.0. The van der Waals surface area contributed by atoms with Gasteiger partial charge in [-0.3, -0.25) is 39.1 Å². The third-order valence-corrected chi connectivity index (χ3v) is 12.3. The van der Waals surface area contributed by atoms with Gasteiger partial charge in [0.1, 0.15) is 11.9 Å². The Morgan fingerprint density at radius 2 is 1.71 bits per heavy atom. The molecule has 1 atom stereocenters. The second-order valence-electron chi connectivity index (χ2n) is 16.1. The van der Waals surface area contributed by atoms with Crippen LogP contribution in [0.1, 0.15) is 65.5 Å². The van der Waals surface area contributed by atoms with Crippen LogP contribution in [0.2, 0.25) is 5.02 Å². The van der Waals surface area contributed by atoms with Crippen molar-refractivity contribution in [3.63, 3.8) is 0 Å². The number of rotatable bonds is 13. The highest BCUT2D eigenvalue weighted by Crippen LogP contribution is 2.47. The molecule has 4 aromatic rings. The number of aldehydes is 1. The number of piperazine rings is 1. The lowest BCUT2D eigenvalue weighted by atomic mass is 9.85. The monoisotopic (exact) mass is 814 g/mol. The van der Waals surface area contributed by atoms with Gasteiger partial charge in [-0.15, -0.1) is 0 Å². The van der Waals surface area contributed by atoms with Gasteiger partial charge in [-0.25, -0.2) is 4.98 Å². The number of nitriles is 1. The Morgan fingerprint density at radius 1 is 0.983 bits per heavy atom. The molecule has 4 amide bonds. The molecule has 13 nitrogen and oxygen atoms in total. The Labute approximate surface area is 349 Å². The minimum atomic E-state index is -0.758. The maximum atomic E-state index is 13.7. The highest BCUT2D eigenvalue weighted by Gasteiger charge is 2.45. The van der Waals surface area contributed by atoms with Gasteiger partial charge in [0.05, 0.1) is 32.9 Å². The van der Waals surface area contributed by atoms with E-state index in [-0.39, 0.29) is 24.3 Å². The Morgan fingerprint density at radius 3 is 2.37 bits per heavy atom. The molecule has 1 N–H and O–H groups in total. The Balaban J connectivity index is 0.903. The first-order valence-corrected chi connectivity index (χ1v) is 20.2. The van der Waals surface area contributed by atoms with Crippen molar-refractivity contribution < 1.29 is 24.0 Å². The van der Waals surface area contributed by atoms with Crippen LogP contribution in [0.4, 0.5) is 22.9 Å². The lowest BCUT2D eigenvalue weighted by molar-refractivity contribution is -0.125. The Hall–Kier alpha value is -6.10. The average molecular weight is 815 g/mol. The van der Waals surface area contributed by atoms with Gasteiger partial charge in [-0.2, -0.15) is 5.26 Å². The molecule has 3 aliphatic heterocycles. The summed E-state index contributed by atoms with van der Waals surface area (Å²) in [5.41, 5.74) is 5.44. The number of carbonyl (C=O) groups excluding carboxylic acids is 5. The third-order valence-electron chi connectivity index (χ3n) is 12.0. The van der Waals surface area contributed by atoms with Crippen molar-refractivity contribution in [1.29, 1.82) is 5.26 Å². The van der Waals surface area contributed by atoms with E-state index >= 15 is 0 Å². The fraction of sp³-hybridized carbons (Fsp3) is 0.356. The van der Waals surface area contributed by atoms with Gasteiger partial charge in [-0.1, -0.05) is 17.7 Å². The van der Waals surface area contributed by atoms with Crippen molar-refractivity contribution in [2.75, 3.05) is 67.6 Å². The predicted molar refractivity (Wildman–Crippen MR) is 227 cm³/mol. The number of amides is 4. The summed E-state index contributed by atoms with van der Waals surface area (Å²) in [6.45, 7) is 11.9. The Bertz CT molecular complexity index is 2330. The molecule has 2 saturated heterocycles. The van der Waals surface area contributed by atoms with Gasteiger partial charge in [0.25, 0.3) is 5.91 Å². The first-order valence-electron chi connectivity index (χ1n) is 19.8. The summed E-state index contributed by atoms with van der Waals surface area (Å²) in [7, 11) is 1.65. The summed E-state index contributed by atoms with van der Waals surface area (Å²) in [6, 6.07) is 22.4. The lowest BCUT2D eigenvalue weighted by Crippen LogP contribution is -2.55. The van der Waals surface area contributed by atoms with E-state index in [1.54, 1.807) is 42.3 Å². The average Bonchev–Trinajstić information content (AvgIpc) is 3.43. The van der Waals surface area contributed by atoms with Crippen molar-refractivity contribution in [2.24, 2.45) is 5.92 Å². The number of fused-ring (bicyclic) bond motifs is 1. The second-order valence-corrected chi connectivity index (χ2v) is 16.5.